The third kappa shape index (κ3) is 4.14. The molecule has 0 fully saturated rings. The molecule has 140 valence electrons. The second kappa shape index (κ2) is 7.73. The largest absolute Gasteiger partial charge is 0.483 e. The molecule has 0 saturated heterocycles. The Labute approximate surface area is 154 Å². The quantitative estimate of drug-likeness (QED) is 0.450. The summed E-state index contributed by atoms with van der Waals surface area (Å²) >= 11 is 0. The highest BCUT2D eigenvalue weighted by Crippen LogP contribution is 2.34. The van der Waals surface area contributed by atoms with Gasteiger partial charge in [-0.3, -0.25) is 19.7 Å². The number of hydrogen-bond donors (Lipinski definition) is 1. The molecule has 9 nitrogen and oxygen atoms in total. The summed E-state index contributed by atoms with van der Waals surface area (Å²) in [6.07, 6.45) is 0.440. The molecule has 0 aliphatic carbocycles. The van der Waals surface area contributed by atoms with E-state index in [1.54, 1.807) is 19.1 Å². The van der Waals surface area contributed by atoms with E-state index >= 15 is 0 Å². The summed E-state index contributed by atoms with van der Waals surface area (Å²) in [5.74, 6) is 0.961. The molecule has 1 N–H and O–H groups in total. The van der Waals surface area contributed by atoms with Gasteiger partial charge in [-0.05, 0) is 30.7 Å². The molecule has 1 aliphatic rings. The van der Waals surface area contributed by atoms with Crippen molar-refractivity contribution in [3.63, 3.8) is 0 Å². The van der Waals surface area contributed by atoms with Gasteiger partial charge in [0.25, 0.3) is 11.6 Å². The van der Waals surface area contributed by atoms with Crippen molar-refractivity contribution in [1.82, 2.24) is 5.32 Å². The first-order valence-electron chi connectivity index (χ1n) is 8.03. The van der Waals surface area contributed by atoms with E-state index in [-0.39, 0.29) is 36.4 Å². The van der Waals surface area contributed by atoms with Crippen molar-refractivity contribution in [2.24, 2.45) is 0 Å². The Morgan fingerprint density at radius 2 is 2.07 bits per heavy atom. The van der Waals surface area contributed by atoms with Gasteiger partial charge in [0.2, 0.25) is 6.79 Å². The number of fused-ring (bicyclic) bond motifs is 1. The maximum atomic E-state index is 12.1. The molecule has 2 aromatic carbocycles. The molecule has 1 atom stereocenters. The Bertz CT molecular complexity index is 897. The first-order chi connectivity index (χ1) is 13.0. The molecule has 0 aromatic heterocycles. The van der Waals surface area contributed by atoms with E-state index < -0.39 is 10.8 Å². The third-order valence-electron chi connectivity index (χ3n) is 3.96. The number of nitro groups is 1. The molecule has 1 amide bonds. The van der Waals surface area contributed by atoms with E-state index in [0.29, 0.717) is 17.8 Å². The van der Waals surface area contributed by atoms with Crippen LogP contribution in [0.25, 0.3) is 0 Å². The smallest absolute Gasteiger partial charge is 0.270 e. The number of nitrogens with one attached hydrogen (secondary N) is 1. The summed E-state index contributed by atoms with van der Waals surface area (Å²) in [6.45, 7) is 1.63. The number of amides is 1. The Morgan fingerprint density at radius 1 is 1.30 bits per heavy atom. The first kappa shape index (κ1) is 18.2. The van der Waals surface area contributed by atoms with Gasteiger partial charge in [0.15, 0.2) is 24.4 Å². The Morgan fingerprint density at radius 3 is 2.81 bits per heavy atom. The molecule has 0 saturated carbocycles. The van der Waals surface area contributed by atoms with E-state index in [0.717, 1.165) is 11.6 Å². The van der Waals surface area contributed by atoms with Crippen molar-refractivity contribution < 1.29 is 28.7 Å². The molecule has 0 spiro atoms. The minimum Gasteiger partial charge on any atom is -0.483 e. The fourth-order valence-electron chi connectivity index (χ4n) is 2.57. The topological polar surface area (TPSA) is 117 Å². The fourth-order valence-corrected chi connectivity index (χ4v) is 2.57. The molecule has 27 heavy (non-hydrogen) atoms. The minimum atomic E-state index is -0.615. The van der Waals surface area contributed by atoms with Gasteiger partial charge in [0, 0.05) is 12.1 Å². The molecule has 0 bridgehead atoms. The molecule has 2 aromatic rings. The van der Waals surface area contributed by atoms with Crippen LogP contribution in [-0.4, -0.2) is 30.5 Å². The molecule has 0 radical (unpaired) electrons. The average Bonchev–Trinajstić information content (AvgIpc) is 3.13. The highest BCUT2D eigenvalue weighted by atomic mass is 16.7. The van der Waals surface area contributed by atoms with Crippen LogP contribution in [0.4, 0.5) is 5.69 Å². The summed E-state index contributed by atoms with van der Waals surface area (Å²) in [7, 11) is 0. The lowest BCUT2D eigenvalue weighted by Crippen LogP contribution is -2.31. The number of ether oxygens (including phenoxy) is 3. The van der Waals surface area contributed by atoms with Gasteiger partial charge >= 0.3 is 0 Å². The van der Waals surface area contributed by atoms with Gasteiger partial charge < -0.3 is 19.5 Å². The SMILES string of the molecule is C[C@@H](NC(=O)COc1ccc([N+](=O)[O-])cc1C=O)c1ccc2c(c1)OCO2. The Hall–Kier alpha value is -3.62. The minimum absolute atomic E-state index is 0.000759. The Balaban J connectivity index is 1.59. The first-order valence-corrected chi connectivity index (χ1v) is 8.03. The number of carbonyl (C=O) groups is 2. The van der Waals surface area contributed by atoms with Crippen LogP contribution in [0.2, 0.25) is 0 Å². The van der Waals surface area contributed by atoms with Gasteiger partial charge in [-0.25, -0.2) is 0 Å². The van der Waals surface area contributed by atoms with Crippen LogP contribution >= 0.6 is 0 Å². The maximum absolute atomic E-state index is 12.1. The molecular formula is C18H16N2O7. The standard InChI is InChI=1S/C18H16N2O7/c1-11(12-2-4-16-17(7-12)27-10-26-16)19-18(22)9-25-15-5-3-14(20(23)24)6-13(15)8-21/h2-8,11H,9-10H2,1H3,(H,19,22)/t11-/m1/s1. The highest BCUT2D eigenvalue weighted by molar-refractivity contribution is 5.82. The van der Waals surface area contributed by atoms with Crippen LogP contribution in [-0.2, 0) is 4.79 Å². The van der Waals surface area contributed by atoms with Crippen LogP contribution in [0.1, 0.15) is 28.9 Å². The van der Waals surface area contributed by atoms with E-state index in [1.807, 2.05) is 6.07 Å². The molecule has 0 unspecified atom stereocenters. The van der Waals surface area contributed by atoms with Crippen molar-refractivity contribution in [1.29, 1.82) is 0 Å². The van der Waals surface area contributed by atoms with Gasteiger partial charge in [0.05, 0.1) is 16.5 Å². The number of benzene rings is 2. The van der Waals surface area contributed by atoms with E-state index in [4.69, 9.17) is 14.2 Å². The van der Waals surface area contributed by atoms with Crippen molar-refractivity contribution in [3.8, 4) is 17.2 Å². The summed E-state index contributed by atoms with van der Waals surface area (Å²) in [4.78, 5) is 33.3. The number of aldehydes is 1. The zero-order valence-corrected chi connectivity index (χ0v) is 14.3. The number of rotatable bonds is 7. The van der Waals surface area contributed by atoms with Crippen molar-refractivity contribution >= 4 is 17.9 Å². The fraction of sp³-hybridized carbons (Fsp3) is 0.222. The summed E-state index contributed by atoms with van der Waals surface area (Å²) < 4.78 is 15.9. The Kier molecular flexibility index (Phi) is 5.20. The van der Waals surface area contributed by atoms with Gasteiger partial charge in [0.1, 0.15) is 5.75 Å². The lowest BCUT2D eigenvalue weighted by molar-refractivity contribution is -0.384. The molecule has 3 rings (SSSR count). The van der Waals surface area contributed by atoms with Crippen molar-refractivity contribution in [3.05, 3.63) is 57.6 Å². The van der Waals surface area contributed by atoms with Gasteiger partial charge in [-0.2, -0.15) is 0 Å². The molecule has 9 heteroatoms. The second-order valence-electron chi connectivity index (χ2n) is 5.79. The molecule has 1 heterocycles. The monoisotopic (exact) mass is 372 g/mol. The molecule has 1 aliphatic heterocycles. The number of non-ortho nitro benzene ring substituents is 1. The van der Waals surface area contributed by atoms with E-state index in [1.165, 1.54) is 12.1 Å². The summed E-state index contributed by atoms with van der Waals surface area (Å²) in [6, 6.07) is 8.65. The zero-order chi connectivity index (χ0) is 19.4. The predicted molar refractivity (Wildman–Crippen MR) is 93.1 cm³/mol. The summed E-state index contributed by atoms with van der Waals surface area (Å²) in [5.41, 5.74) is 0.600. The van der Waals surface area contributed by atoms with Crippen LogP contribution in [0.5, 0.6) is 17.2 Å². The lowest BCUT2D eigenvalue weighted by atomic mass is 10.1. The average molecular weight is 372 g/mol. The predicted octanol–water partition coefficient (Wildman–Crippen LogP) is 2.39. The van der Waals surface area contributed by atoms with Gasteiger partial charge in [-0.15, -0.1) is 0 Å². The number of nitrogens with zero attached hydrogens (tertiary/aromatic N) is 1. The lowest BCUT2D eigenvalue weighted by Gasteiger charge is -2.15. The zero-order valence-electron chi connectivity index (χ0n) is 14.3. The van der Waals surface area contributed by atoms with E-state index in [9.17, 15) is 19.7 Å². The third-order valence-corrected chi connectivity index (χ3v) is 3.96. The number of nitro benzene ring substituents is 1. The number of hydrogen-bond acceptors (Lipinski definition) is 7. The number of carbonyl (C=O) groups excluding carboxylic acids is 2. The highest BCUT2D eigenvalue weighted by Gasteiger charge is 2.17. The normalized spacial score (nSPS) is 12.9. The van der Waals surface area contributed by atoms with E-state index in [2.05, 4.69) is 5.32 Å². The van der Waals surface area contributed by atoms with Crippen LogP contribution in [0.15, 0.2) is 36.4 Å². The molecular weight excluding hydrogens is 356 g/mol. The summed E-state index contributed by atoms with van der Waals surface area (Å²) in [5, 5.41) is 13.5. The maximum Gasteiger partial charge on any atom is 0.270 e. The van der Waals surface area contributed by atoms with Crippen LogP contribution < -0.4 is 19.5 Å². The second-order valence-corrected chi connectivity index (χ2v) is 5.79. The van der Waals surface area contributed by atoms with Gasteiger partial charge in [-0.1, -0.05) is 6.07 Å². The van der Waals surface area contributed by atoms with Crippen LogP contribution in [0, 0.1) is 10.1 Å². The van der Waals surface area contributed by atoms with Crippen molar-refractivity contribution in [2.75, 3.05) is 13.4 Å². The van der Waals surface area contributed by atoms with Crippen molar-refractivity contribution in [2.45, 2.75) is 13.0 Å². The van der Waals surface area contributed by atoms with Crippen LogP contribution in [0.3, 0.4) is 0 Å².